The molecule has 0 spiro atoms. The molecule has 0 aliphatic carbocycles. The summed E-state index contributed by atoms with van der Waals surface area (Å²) >= 11 is 6.52. The van der Waals surface area contributed by atoms with Gasteiger partial charge in [0.15, 0.2) is 5.75 Å². The minimum Gasteiger partial charge on any atom is -0.489 e. The predicted octanol–water partition coefficient (Wildman–Crippen LogP) is 4.13. The summed E-state index contributed by atoms with van der Waals surface area (Å²) in [4.78, 5) is 12.3. The SMILES string of the molecule is Cc1cc(-c2ccc(Cc3cc4c(c(Cl)c3C)OCCNC4=O)cc2)cnn1. The molecule has 0 bridgehead atoms. The standard InChI is InChI=1S/C22H20ClN3O2/c1-13-9-18(12-25-26-13)16-5-3-15(4-6-16)10-17-11-19-21(20(23)14(17)2)28-8-7-24-22(19)27/h3-6,9,11-12H,7-8,10H2,1-2H3,(H,24,27). The molecule has 0 radical (unpaired) electrons. The summed E-state index contributed by atoms with van der Waals surface area (Å²) in [5, 5.41) is 11.4. The Morgan fingerprint density at radius 3 is 2.68 bits per heavy atom. The quantitative estimate of drug-likeness (QED) is 0.726. The number of fused-ring (bicyclic) bond motifs is 1. The number of aryl methyl sites for hydroxylation is 1. The Morgan fingerprint density at radius 1 is 1.14 bits per heavy atom. The summed E-state index contributed by atoms with van der Waals surface area (Å²) in [6.45, 7) is 4.78. The highest BCUT2D eigenvalue weighted by molar-refractivity contribution is 6.33. The number of hydrogen-bond donors (Lipinski definition) is 1. The van der Waals surface area contributed by atoms with E-state index in [0.29, 0.717) is 35.9 Å². The Bertz CT molecular complexity index is 1050. The van der Waals surface area contributed by atoms with Crippen molar-refractivity contribution in [2.45, 2.75) is 20.3 Å². The molecule has 142 valence electrons. The van der Waals surface area contributed by atoms with Crippen molar-refractivity contribution in [3.63, 3.8) is 0 Å². The third kappa shape index (κ3) is 3.58. The first-order valence-electron chi connectivity index (χ1n) is 9.14. The second-order valence-electron chi connectivity index (χ2n) is 6.92. The van der Waals surface area contributed by atoms with E-state index in [1.165, 1.54) is 0 Å². The molecule has 0 saturated carbocycles. The van der Waals surface area contributed by atoms with E-state index >= 15 is 0 Å². The van der Waals surface area contributed by atoms with Crippen LogP contribution in [-0.2, 0) is 6.42 Å². The Labute approximate surface area is 168 Å². The van der Waals surface area contributed by atoms with Crippen molar-refractivity contribution in [3.8, 4) is 16.9 Å². The Hall–Kier alpha value is -2.92. The van der Waals surface area contributed by atoms with E-state index in [-0.39, 0.29) is 5.91 Å². The number of rotatable bonds is 3. The lowest BCUT2D eigenvalue weighted by atomic mass is 9.96. The van der Waals surface area contributed by atoms with Crippen LogP contribution in [0.4, 0.5) is 0 Å². The highest BCUT2D eigenvalue weighted by atomic mass is 35.5. The van der Waals surface area contributed by atoms with Gasteiger partial charge in [-0.2, -0.15) is 10.2 Å². The average Bonchev–Trinajstić information content (AvgIpc) is 2.88. The zero-order chi connectivity index (χ0) is 19.7. The van der Waals surface area contributed by atoms with Crippen LogP contribution in [0.15, 0.2) is 42.6 Å². The van der Waals surface area contributed by atoms with Crippen LogP contribution in [0.1, 0.15) is 32.7 Å². The highest BCUT2D eigenvalue weighted by Gasteiger charge is 2.22. The second-order valence-corrected chi connectivity index (χ2v) is 7.29. The van der Waals surface area contributed by atoms with Crippen molar-refractivity contribution in [2.75, 3.05) is 13.2 Å². The van der Waals surface area contributed by atoms with Crippen LogP contribution in [0.3, 0.4) is 0 Å². The maximum atomic E-state index is 12.3. The van der Waals surface area contributed by atoms with Gasteiger partial charge >= 0.3 is 0 Å². The third-order valence-electron chi connectivity index (χ3n) is 4.91. The normalized spacial score (nSPS) is 13.3. The van der Waals surface area contributed by atoms with E-state index in [1.54, 1.807) is 6.20 Å². The molecule has 0 saturated heterocycles. The van der Waals surface area contributed by atoms with Gasteiger partial charge in [-0.15, -0.1) is 0 Å². The largest absolute Gasteiger partial charge is 0.489 e. The van der Waals surface area contributed by atoms with Crippen LogP contribution < -0.4 is 10.1 Å². The van der Waals surface area contributed by atoms with Crippen LogP contribution in [0.5, 0.6) is 5.75 Å². The molecular weight excluding hydrogens is 374 g/mol. The van der Waals surface area contributed by atoms with Gasteiger partial charge in [-0.3, -0.25) is 4.79 Å². The van der Waals surface area contributed by atoms with Crippen LogP contribution in [0.25, 0.3) is 11.1 Å². The monoisotopic (exact) mass is 393 g/mol. The van der Waals surface area contributed by atoms with Gasteiger partial charge in [0.1, 0.15) is 6.61 Å². The molecule has 3 aromatic rings. The van der Waals surface area contributed by atoms with Crippen molar-refractivity contribution in [1.82, 2.24) is 15.5 Å². The summed E-state index contributed by atoms with van der Waals surface area (Å²) in [5.41, 5.74) is 6.60. The Morgan fingerprint density at radius 2 is 1.93 bits per heavy atom. The number of amides is 1. The average molecular weight is 394 g/mol. The smallest absolute Gasteiger partial charge is 0.255 e. The molecule has 28 heavy (non-hydrogen) atoms. The van der Waals surface area contributed by atoms with Gasteiger partial charge < -0.3 is 10.1 Å². The van der Waals surface area contributed by atoms with Crippen molar-refractivity contribution >= 4 is 17.5 Å². The van der Waals surface area contributed by atoms with Gasteiger partial charge in [0, 0.05) is 5.56 Å². The number of aromatic nitrogens is 2. The molecule has 1 aromatic heterocycles. The molecule has 2 aromatic carbocycles. The van der Waals surface area contributed by atoms with E-state index in [9.17, 15) is 4.79 Å². The number of carbonyl (C=O) groups is 1. The lowest BCUT2D eigenvalue weighted by molar-refractivity contribution is 0.0957. The van der Waals surface area contributed by atoms with Gasteiger partial charge in [0.2, 0.25) is 0 Å². The molecule has 1 aliphatic heterocycles. The molecule has 1 amide bonds. The van der Waals surface area contributed by atoms with E-state index < -0.39 is 0 Å². The maximum absolute atomic E-state index is 12.3. The molecule has 4 rings (SSSR count). The van der Waals surface area contributed by atoms with E-state index in [1.807, 2.05) is 26.0 Å². The lowest BCUT2D eigenvalue weighted by Gasteiger charge is -2.15. The molecule has 0 fully saturated rings. The summed E-state index contributed by atoms with van der Waals surface area (Å²) in [5.74, 6) is 0.334. The fourth-order valence-electron chi connectivity index (χ4n) is 3.35. The summed E-state index contributed by atoms with van der Waals surface area (Å²) < 4.78 is 5.68. The molecule has 1 N–H and O–H groups in total. The van der Waals surface area contributed by atoms with E-state index in [2.05, 4.69) is 39.8 Å². The van der Waals surface area contributed by atoms with Gasteiger partial charge in [-0.1, -0.05) is 35.9 Å². The van der Waals surface area contributed by atoms with Crippen molar-refractivity contribution < 1.29 is 9.53 Å². The lowest BCUT2D eigenvalue weighted by Crippen LogP contribution is -2.24. The van der Waals surface area contributed by atoms with Crippen LogP contribution in [-0.4, -0.2) is 29.3 Å². The zero-order valence-electron chi connectivity index (χ0n) is 15.8. The van der Waals surface area contributed by atoms with Gasteiger partial charge in [0.05, 0.1) is 29.0 Å². The van der Waals surface area contributed by atoms with Gasteiger partial charge in [-0.25, -0.2) is 0 Å². The summed E-state index contributed by atoms with van der Waals surface area (Å²) in [6.07, 6.45) is 2.44. The van der Waals surface area contributed by atoms with Gasteiger partial charge in [-0.05, 0) is 54.7 Å². The highest BCUT2D eigenvalue weighted by Crippen LogP contribution is 2.36. The molecule has 2 heterocycles. The van der Waals surface area contributed by atoms with E-state index in [4.69, 9.17) is 16.3 Å². The fraction of sp³-hybridized carbons (Fsp3) is 0.227. The van der Waals surface area contributed by atoms with Crippen LogP contribution in [0.2, 0.25) is 5.02 Å². The number of halogens is 1. The Kier molecular flexibility index (Phi) is 5.01. The first-order valence-corrected chi connectivity index (χ1v) is 9.52. The first kappa shape index (κ1) is 18.4. The molecule has 6 heteroatoms. The maximum Gasteiger partial charge on any atom is 0.255 e. The minimum atomic E-state index is -0.147. The van der Waals surface area contributed by atoms with Gasteiger partial charge in [0.25, 0.3) is 5.91 Å². The molecule has 5 nitrogen and oxygen atoms in total. The number of carbonyl (C=O) groups excluding carboxylic acids is 1. The first-order chi connectivity index (χ1) is 13.5. The topological polar surface area (TPSA) is 64.1 Å². The fourth-order valence-corrected chi connectivity index (χ4v) is 3.63. The molecule has 0 unspecified atom stereocenters. The second kappa shape index (κ2) is 7.60. The Balaban J connectivity index is 1.64. The zero-order valence-corrected chi connectivity index (χ0v) is 16.5. The van der Waals surface area contributed by atoms with Crippen LogP contribution >= 0.6 is 11.6 Å². The number of benzene rings is 2. The number of nitrogens with zero attached hydrogens (tertiary/aromatic N) is 2. The number of ether oxygens (including phenoxy) is 1. The predicted molar refractivity (Wildman–Crippen MR) is 109 cm³/mol. The number of hydrogen-bond acceptors (Lipinski definition) is 4. The van der Waals surface area contributed by atoms with Crippen molar-refractivity contribution in [2.24, 2.45) is 0 Å². The molecule has 1 aliphatic rings. The van der Waals surface area contributed by atoms with Crippen molar-refractivity contribution in [3.05, 3.63) is 75.6 Å². The van der Waals surface area contributed by atoms with Crippen LogP contribution in [0, 0.1) is 13.8 Å². The summed E-state index contributed by atoms with van der Waals surface area (Å²) in [6, 6.07) is 12.2. The third-order valence-corrected chi connectivity index (χ3v) is 5.37. The molecule has 0 atom stereocenters. The molecular formula is C22H20ClN3O2. The van der Waals surface area contributed by atoms with E-state index in [0.717, 1.165) is 33.5 Å². The minimum absolute atomic E-state index is 0.147. The van der Waals surface area contributed by atoms with Crippen molar-refractivity contribution in [1.29, 1.82) is 0 Å². The number of nitrogens with one attached hydrogen (secondary N) is 1. The summed E-state index contributed by atoms with van der Waals surface area (Å²) in [7, 11) is 0.